The summed E-state index contributed by atoms with van der Waals surface area (Å²) in [5, 5.41) is 1.22. The molecular weight excluding hydrogens is 176 g/mol. The lowest BCUT2D eigenvalue weighted by molar-refractivity contribution is 0.830. The maximum Gasteiger partial charge on any atom is 0.0407 e. The highest BCUT2D eigenvalue weighted by atomic mass is 35.5. The van der Waals surface area contributed by atoms with Gasteiger partial charge in [-0.05, 0) is 12.8 Å². The highest BCUT2D eigenvalue weighted by Crippen LogP contribution is 2.29. The molecule has 2 heteroatoms. The molecule has 0 saturated carbocycles. The molecule has 0 fully saturated rings. The standard InChI is InChI=1S/C9H13ClS/c1-2-8-4-3-5-9(11-8)6-7-10/h2-4,8-9H,1,5-7H2. The molecule has 0 bridgehead atoms. The van der Waals surface area contributed by atoms with Crippen molar-refractivity contribution in [2.24, 2.45) is 0 Å². The highest BCUT2D eigenvalue weighted by Gasteiger charge is 2.14. The summed E-state index contributed by atoms with van der Waals surface area (Å²) in [5.41, 5.74) is 0. The predicted molar refractivity (Wildman–Crippen MR) is 54.5 cm³/mol. The molecule has 0 radical (unpaired) electrons. The van der Waals surface area contributed by atoms with Crippen molar-refractivity contribution in [2.75, 3.05) is 5.88 Å². The number of thioether (sulfide) groups is 1. The molecule has 0 amide bonds. The fraction of sp³-hybridized carbons (Fsp3) is 0.556. The second-order valence-corrected chi connectivity index (χ2v) is 4.46. The van der Waals surface area contributed by atoms with Crippen LogP contribution in [0.2, 0.25) is 0 Å². The van der Waals surface area contributed by atoms with Gasteiger partial charge in [0.15, 0.2) is 0 Å². The van der Waals surface area contributed by atoms with Crippen molar-refractivity contribution in [1.82, 2.24) is 0 Å². The third kappa shape index (κ3) is 2.92. The number of halogens is 1. The van der Waals surface area contributed by atoms with Crippen LogP contribution in [-0.2, 0) is 0 Å². The first-order valence-electron chi connectivity index (χ1n) is 3.87. The Hall–Kier alpha value is 0.120. The molecule has 1 aliphatic heterocycles. The molecular formula is C9H13ClS. The zero-order valence-electron chi connectivity index (χ0n) is 6.50. The summed E-state index contributed by atoms with van der Waals surface area (Å²) in [6.45, 7) is 3.77. The summed E-state index contributed by atoms with van der Waals surface area (Å²) in [7, 11) is 0. The maximum atomic E-state index is 5.66. The van der Waals surface area contributed by atoms with Gasteiger partial charge in [-0.1, -0.05) is 18.2 Å². The Bertz CT molecular complexity index is 154. The van der Waals surface area contributed by atoms with Gasteiger partial charge in [0.25, 0.3) is 0 Å². The smallest absolute Gasteiger partial charge is 0.0407 e. The minimum Gasteiger partial charge on any atom is -0.146 e. The monoisotopic (exact) mass is 188 g/mol. The van der Waals surface area contributed by atoms with Gasteiger partial charge in [0, 0.05) is 16.4 Å². The number of alkyl halides is 1. The molecule has 1 aliphatic rings. The van der Waals surface area contributed by atoms with E-state index < -0.39 is 0 Å². The van der Waals surface area contributed by atoms with Gasteiger partial charge >= 0.3 is 0 Å². The fourth-order valence-electron chi connectivity index (χ4n) is 1.13. The van der Waals surface area contributed by atoms with Gasteiger partial charge in [0.1, 0.15) is 0 Å². The molecule has 2 unspecified atom stereocenters. The number of rotatable bonds is 3. The summed E-state index contributed by atoms with van der Waals surface area (Å²) < 4.78 is 0. The molecule has 62 valence electrons. The number of allylic oxidation sites excluding steroid dienone is 1. The van der Waals surface area contributed by atoms with Crippen molar-refractivity contribution in [3.8, 4) is 0 Å². The van der Waals surface area contributed by atoms with Crippen molar-refractivity contribution >= 4 is 23.4 Å². The van der Waals surface area contributed by atoms with Crippen molar-refractivity contribution in [3.05, 3.63) is 24.8 Å². The molecule has 2 atom stereocenters. The second kappa shape index (κ2) is 4.89. The van der Waals surface area contributed by atoms with E-state index in [0.29, 0.717) is 10.5 Å². The minimum absolute atomic E-state index is 0.511. The first-order valence-corrected chi connectivity index (χ1v) is 5.35. The van der Waals surface area contributed by atoms with Crippen LogP contribution in [0.3, 0.4) is 0 Å². The Balaban J connectivity index is 2.37. The van der Waals surface area contributed by atoms with E-state index >= 15 is 0 Å². The topological polar surface area (TPSA) is 0 Å². The molecule has 0 aliphatic carbocycles. The van der Waals surface area contributed by atoms with Gasteiger partial charge in [0.05, 0.1) is 0 Å². The Morgan fingerprint density at radius 2 is 2.55 bits per heavy atom. The Kier molecular flexibility index (Phi) is 4.09. The van der Waals surface area contributed by atoms with E-state index in [2.05, 4.69) is 18.7 Å². The SMILES string of the molecule is C=CC1C=CCC(CCCl)S1. The van der Waals surface area contributed by atoms with Crippen LogP contribution in [0.25, 0.3) is 0 Å². The van der Waals surface area contributed by atoms with Crippen molar-refractivity contribution in [1.29, 1.82) is 0 Å². The van der Waals surface area contributed by atoms with Crippen LogP contribution < -0.4 is 0 Å². The lowest BCUT2D eigenvalue weighted by Gasteiger charge is -2.21. The Morgan fingerprint density at radius 1 is 1.73 bits per heavy atom. The highest BCUT2D eigenvalue weighted by molar-refractivity contribution is 8.00. The third-order valence-electron chi connectivity index (χ3n) is 1.74. The van der Waals surface area contributed by atoms with Gasteiger partial charge in [-0.2, -0.15) is 0 Å². The second-order valence-electron chi connectivity index (χ2n) is 2.60. The van der Waals surface area contributed by atoms with Crippen LogP contribution in [0.5, 0.6) is 0 Å². The lowest BCUT2D eigenvalue weighted by atomic mass is 10.2. The number of hydrogen-bond acceptors (Lipinski definition) is 1. The average Bonchev–Trinajstić information content (AvgIpc) is 2.06. The van der Waals surface area contributed by atoms with Gasteiger partial charge in [-0.3, -0.25) is 0 Å². The molecule has 0 aromatic carbocycles. The molecule has 0 saturated heterocycles. The summed E-state index contributed by atoms with van der Waals surface area (Å²) in [4.78, 5) is 0. The van der Waals surface area contributed by atoms with Gasteiger partial charge < -0.3 is 0 Å². The quantitative estimate of drug-likeness (QED) is 0.484. The first-order chi connectivity index (χ1) is 5.36. The zero-order valence-corrected chi connectivity index (χ0v) is 8.07. The molecule has 1 rings (SSSR count). The van der Waals surface area contributed by atoms with E-state index in [1.807, 2.05) is 17.8 Å². The minimum atomic E-state index is 0.511. The van der Waals surface area contributed by atoms with E-state index in [9.17, 15) is 0 Å². The predicted octanol–water partition coefficient (Wildman–Crippen LogP) is 3.23. The Morgan fingerprint density at radius 3 is 3.18 bits per heavy atom. The molecule has 0 aromatic rings. The van der Waals surface area contributed by atoms with E-state index in [1.54, 1.807) is 0 Å². The molecule has 1 heterocycles. The third-order valence-corrected chi connectivity index (χ3v) is 3.43. The molecule has 11 heavy (non-hydrogen) atoms. The summed E-state index contributed by atoms with van der Waals surface area (Å²) in [5.74, 6) is 0.773. The van der Waals surface area contributed by atoms with E-state index in [-0.39, 0.29) is 0 Å². The zero-order chi connectivity index (χ0) is 8.10. The summed E-state index contributed by atoms with van der Waals surface area (Å²) >= 11 is 7.63. The van der Waals surface area contributed by atoms with Crippen molar-refractivity contribution in [2.45, 2.75) is 23.3 Å². The van der Waals surface area contributed by atoms with Crippen LogP contribution in [0.4, 0.5) is 0 Å². The fourth-order valence-corrected chi connectivity index (χ4v) is 2.76. The maximum absolute atomic E-state index is 5.66. The van der Waals surface area contributed by atoms with Crippen LogP contribution in [-0.4, -0.2) is 16.4 Å². The number of hydrogen-bond donors (Lipinski definition) is 0. The van der Waals surface area contributed by atoms with Gasteiger partial charge in [-0.15, -0.1) is 29.9 Å². The molecule has 0 nitrogen and oxygen atoms in total. The molecule has 0 N–H and O–H groups in total. The summed E-state index contributed by atoms with van der Waals surface area (Å²) in [6, 6.07) is 0. The molecule has 0 aromatic heterocycles. The largest absolute Gasteiger partial charge is 0.146 e. The van der Waals surface area contributed by atoms with Crippen LogP contribution in [0, 0.1) is 0 Å². The molecule has 0 spiro atoms. The van der Waals surface area contributed by atoms with Gasteiger partial charge in [-0.25, -0.2) is 0 Å². The average molecular weight is 189 g/mol. The van der Waals surface area contributed by atoms with E-state index in [1.165, 1.54) is 6.42 Å². The van der Waals surface area contributed by atoms with Crippen molar-refractivity contribution in [3.63, 3.8) is 0 Å². The first kappa shape index (κ1) is 9.21. The lowest BCUT2D eigenvalue weighted by Crippen LogP contribution is -2.11. The van der Waals surface area contributed by atoms with Crippen molar-refractivity contribution < 1.29 is 0 Å². The van der Waals surface area contributed by atoms with Crippen LogP contribution in [0.1, 0.15) is 12.8 Å². The summed E-state index contributed by atoms with van der Waals surface area (Å²) in [6.07, 6.45) is 8.71. The normalized spacial score (nSPS) is 30.3. The van der Waals surface area contributed by atoms with E-state index in [4.69, 9.17) is 11.6 Å². The van der Waals surface area contributed by atoms with Gasteiger partial charge in [0.2, 0.25) is 0 Å². The van der Waals surface area contributed by atoms with E-state index in [0.717, 1.165) is 12.3 Å². The van der Waals surface area contributed by atoms with Crippen LogP contribution in [0.15, 0.2) is 24.8 Å². The Labute approximate surface area is 77.7 Å². The van der Waals surface area contributed by atoms with Crippen LogP contribution >= 0.6 is 23.4 Å².